The molecule has 0 aromatic carbocycles. The third-order valence-corrected chi connectivity index (χ3v) is 2.52. The van der Waals surface area contributed by atoms with E-state index in [0.29, 0.717) is 5.17 Å². The number of hydrogen-bond acceptors (Lipinski definition) is 2. The lowest BCUT2D eigenvalue weighted by Gasteiger charge is -1.86. The van der Waals surface area contributed by atoms with E-state index in [9.17, 15) is 0 Å². The molecule has 6 heteroatoms. The van der Waals surface area contributed by atoms with E-state index >= 15 is 0 Å². The van der Waals surface area contributed by atoms with E-state index in [1.807, 2.05) is 22.9 Å². The number of aromatic amines is 1. The molecule has 0 amide bonds. The molecule has 2 aromatic rings. The van der Waals surface area contributed by atoms with Crippen LogP contribution in [0.5, 0.6) is 0 Å². The number of H-pyrrole nitrogens is 1. The monoisotopic (exact) mass is 209 g/mol. The van der Waals surface area contributed by atoms with Gasteiger partial charge in [-0.05, 0) is 11.8 Å². The predicted octanol–water partition coefficient (Wildman–Crippen LogP) is -1.54. The molecule has 72 valence electrons. The largest absolute Gasteiger partial charge is 0.400 e. The number of thioether (sulfide) groups is 1. The van der Waals surface area contributed by atoms with Crippen LogP contribution in [0.4, 0.5) is 0 Å². The SMILES string of the molecule is NC(=[NH2+])SCc1c[n+]2cccnc2[nH]1. The number of nitrogens with zero attached hydrogens (tertiary/aromatic N) is 2. The maximum absolute atomic E-state index is 5.36. The number of fused-ring (bicyclic) bond motifs is 1. The van der Waals surface area contributed by atoms with Crippen LogP contribution in [-0.4, -0.2) is 15.1 Å². The second-order valence-corrected chi connectivity index (χ2v) is 3.87. The van der Waals surface area contributed by atoms with E-state index < -0.39 is 0 Å². The van der Waals surface area contributed by atoms with Gasteiger partial charge in [0, 0.05) is 6.07 Å². The lowest BCUT2D eigenvalue weighted by Crippen LogP contribution is -2.43. The van der Waals surface area contributed by atoms with E-state index in [1.165, 1.54) is 11.8 Å². The summed E-state index contributed by atoms with van der Waals surface area (Å²) in [5.74, 6) is 1.55. The Kier molecular flexibility index (Phi) is 2.36. The molecule has 0 saturated heterocycles. The molecule has 0 fully saturated rings. The maximum atomic E-state index is 5.36. The summed E-state index contributed by atoms with van der Waals surface area (Å²) in [7, 11) is 0. The molecule has 2 heterocycles. The average molecular weight is 209 g/mol. The van der Waals surface area contributed by atoms with E-state index in [2.05, 4.69) is 9.97 Å². The van der Waals surface area contributed by atoms with Crippen molar-refractivity contribution in [3.63, 3.8) is 0 Å². The molecule has 0 saturated carbocycles. The highest BCUT2D eigenvalue weighted by atomic mass is 32.2. The minimum atomic E-state index is 0.376. The van der Waals surface area contributed by atoms with Crippen molar-refractivity contribution < 1.29 is 9.81 Å². The second kappa shape index (κ2) is 3.67. The van der Waals surface area contributed by atoms with Crippen molar-refractivity contribution in [2.75, 3.05) is 0 Å². The summed E-state index contributed by atoms with van der Waals surface area (Å²) in [4.78, 5) is 7.32. The lowest BCUT2D eigenvalue weighted by atomic mass is 10.6. The number of amidine groups is 1. The van der Waals surface area contributed by atoms with Gasteiger partial charge in [-0.25, -0.2) is 9.38 Å². The molecule has 0 atom stereocenters. The molecule has 0 radical (unpaired) electrons. The smallest absolute Gasteiger partial charge is 0.282 e. The van der Waals surface area contributed by atoms with Crippen molar-refractivity contribution in [2.24, 2.45) is 5.73 Å². The highest BCUT2D eigenvalue weighted by Crippen LogP contribution is 2.06. The zero-order chi connectivity index (χ0) is 9.97. The first-order valence-corrected chi connectivity index (χ1v) is 5.09. The Morgan fingerprint density at radius 2 is 2.57 bits per heavy atom. The fourth-order valence-corrected chi connectivity index (χ4v) is 1.63. The van der Waals surface area contributed by atoms with Crippen LogP contribution in [0.1, 0.15) is 5.69 Å². The fourth-order valence-electron chi connectivity index (χ4n) is 1.16. The molecule has 5 nitrogen and oxygen atoms in total. The number of rotatable bonds is 2. The molecule has 0 aliphatic rings. The van der Waals surface area contributed by atoms with Crippen molar-refractivity contribution in [2.45, 2.75) is 5.75 Å². The molecule has 0 unspecified atom stereocenters. The van der Waals surface area contributed by atoms with Gasteiger partial charge in [0.25, 0.3) is 5.17 Å². The van der Waals surface area contributed by atoms with E-state index in [1.54, 1.807) is 6.20 Å². The molecule has 0 aliphatic heterocycles. The number of nitrogens with one attached hydrogen (secondary N) is 1. The summed E-state index contributed by atoms with van der Waals surface area (Å²) >= 11 is 1.40. The lowest BCUT2D eigenvalue weighted by molar-refractivity contribution is -0.512. The van der Waals surface area contributed by atoms with Crippen molar-refractivity contribution in [1.29, 1.82) is 0 Å². The normalized spacial score (nSPS) is 10.6. The highest BCUT2D eigenvalue weighted by molar-refractivity contribution is 8.12. The second-order valence-electron chi connectivity index (χ2n) is 2.82. The summed E-state index contributed by atoms with van der Waals surface area (Å²) in [5.41, 5.74) is 6.40. The van der Waals surface area contributed by atoms with E-state index in [4.69, 9.17) is 11.1 Å². The first-order chi connectivity index (χ1) is 6.75. The van der Waals surface area contributed by atoms with E-state index in [0.717, 1.165) is 17.2 Å². The average Bonchev–Trinajstić information content (AvgIpc) is 2.57. The van der Waals surface area contributed by atoms with Crippen LogP contribution in [0.2, 0.25) is 0 Å². The van der Waals surface area contributed by atoms with Gasteiger partial charge in [-0.15, -0.1) is 0 Å². The van der Waals surface area contributed by atoms with Gasteiger partial charge in [0.15, 0.2) is 0 Å². The van der Waals surface area contributed by atoms with Crippen LogP contribution in [0.3, 0.4) is 0 Å². The van der Waals surface area contributed by atoms with Crippen LogP contribution in [0, 0.1) is 0 Å². The van der Waals surface area contributed by atoms with Gasteiger partial charge in [-0.2, -0.15) is 0 Å². The molecular formula is C8H11N5S+2. The van der Waals surface area contributed by atoms with Gasteiger partial charge in [-0.3, -0.25) is 11.1 Å². The van der Waals surface area contributed by atoms with Crippen LogP contribution < -0.4 is 15.5 Å². The Morgan fingerprint density at radius 3 is 3.29 bits per heavy atom. The van der Waals surface area contributed by atoms with Crippen LogP contribution >= 0.6 is 11.8 Å². The van der Waals surface area contributed by atoms with Crippen LogP contribution in [-0.2, 0) is 5.75 Å². The molecule has 2 rings (SSSR count). The van der Waals surface area contributed by atoms with Crippen LogP contribution in [0.25, 0.3) is 5.78 Å². The minimum Gasteiger partial charge on any atom is -0.282 e. The Hall–Kier alpha value is -1.56. The van der Waals surface area contributed by atoms with Crippen molar-refractivity contribution in [3.8, 4) is 0 Å². The number of aromatic nitrogens is 3. The first-order valence-electron chi connectivity index (χ1n) is 4.10. The third-order valence-electron chi connectivity index (χ3n) is 1.74. The first kappa shape index (κ1) is 9.01. The summed E-state index contributed by atoms with van der Waals surface area (Å²) < 4.78 is 1.92. The van der Waals surface area contributed by atoms with Gasteiger partial charge in [-0.1, -0.05) is 4.98 Å². The molecule has 0 aliphatic carbocycles. The fraction of sp³-hybridized carbons (Fsp3) is 0.125. The van der Waals surface area contributed by atoms with Gasteiger partial charge >= 0.3 is 5.78 Å². The van der Waals surface area contributed by atoms with Gasteiger partial charge in [0.05, 0.1) is 11.9 Å². The minimum absolute atomic E-state index is 0.376. The summed E-state index contributed by atoms with van der Waals surface area (Å²) in [6.45, 7) is 0. The Balaban J connectivity index is 2.22. The number of nitrogens with two attached hydrogens (primary N) is 2. The molecule has 2 aromatic heterocycles. The maximum Gasteiger partial charge on any atom is 0.400 e. The van der Waals surface area contributed by atoms with Crippen molar-refractivity contribution in [3.05, 3.63) is 30.4 Å². The van der Waals surface area contributed by atoms with E-state index in [-0.39, 0.29) is 0 Å². The number of imidazole rings is 1. The van der Waals surface area contributed by atoms with Gasteiger partial charge in [0.2, 0.25) is 0 Å². The number of hydrogen-bond donors (Lipinski definition) is 3. The zero-order valence-corrected chi connectivity index (χ0v) is 8.29. The molecule has 14 heavy (non-hydrogen) atoms. The molecule has 0 spiro atoms. The quantitative estimate of drug-likeness (QED) is 0.318. The standard InChI is InChI=1S/C8H9N5S/c9-7(10)14-5-6-4-13-3-1-2-11-8(13)12-6/h1-4H,5H2,(H3,9,10)/p+2. The van der Waals surface area contributed by atoms with Gasteiger partial charge in [0.1, 0.15) is 18.1 Å². The summed E-state index contributed by atoms with van der Waals surface area (Å²) in [6, 6.07) is 1.88. The van der Waals surface area contributed by atoms with Crippen LogP contribution in [0.15, 0.2) is 24.7 Å². The van der Waals surface area contributed by atoms with Crippen molar-refractivity contribution in [1.82, 2.24) is 9.97 Å². The van der Waals surface area contributed by atoms with Gasteiger partial charge < -0.3 is 0 Å². The Bertz CT molecular complexity index is 430. The highest BCUT2D eigenvalue weighted by Gasteiger charge is 2.09. The molecule has 0 bridgehead atoms. The zero-order valence-electron chi connectivity index (χ0n) is 7.47. The van der Waals surface area contributed by atoms with Crippen molar-refractivity contribution >= 4 is 22.7 Å². The molecular weight excluding hydrogens is 198 g/mol. The third kappa shape index (κ3) is 1.85. The summed E-state index contributed by atoms with van der Waals surface area (Å²) in [6.07, 6.45) is 5.65. The predicted molar refractivity (Wildman–Crippen MR) is 54.2 cm³/mol. The Morgan fingerprint density at radius 1 is 1.71 bits per heavy atom. The topological polar surface area (TPSA) is 84.4 Å². The molecule has 5 N–H and O–H groups in total. The Labute approximate surface area is 84.9 Å². The summed E-state index contributed by atoms with van der Waals surface area (Å²) in [5, 5.41) is 5.73.